The smallest absolute Gasteiger partial charge is 0.218 e. The van der Waals surface area contributed by atoms with E-state index in [-0.39, 0.29) is 28.4 Å². The van der Waals surface area contributed by atoms with E-state index in [0.29, 0.717) is 5.56 Å². The van der Waals surface area contributed by atoms with E-state index in [4.69, 9.17) is 0 Å². The van der Waals surface area contributed by atoms with Crippen LogP contribution in [-0.4, -0.2) is 25.5 Å². The molecule has 0 aliphatic carbocycles. The van der Waals surface area contributed by atoms with E-state index in [0.717, 1.165) is 6.07 Å². The average Bonchev–Trinajstić information content (AvgIpc) is 3.03. The first kappa shape index (κ1) is 12.9. The second-order valence-corrected chi connectivity index (χ2v) is 4.20. The summed E-state index contributed by atoms with van der Waals surface area (Å²) in [6.45, 7) is 0. The van der Waals surface area contributed by atoms with Crippen molar-refractivity contribution in [1.29, 1.82) is 0 Å². The molecule has 0 aliphatic heterocycles. The molecule has 104 valence electrons. The number of halogens is 1. The van der Waals surface area contributed by atoms with E-state index < -0.39 is 5.82 Å². The van der Waals surface area contributed by atoms with Crippen molar-refractivity contribution in [3.05, 3.63) is 47.4 Å². The molecule has 0 aliphatic rings. The summed E-state index contributed by atoms with van der Waals surface area (Å²) in [6.07, 6.45) is 2.96. The number of hydrogen-bond donors (Lipinski definition) is 2. The number of nitrogens with zero attached hydrogens (tertiary/aromatic N) is 4. The minimum Gasteiger partial charge on any atom is -0.507 e. The number of aromatic nitrogens is 4. The Hall–Kier alpha value is -3.16. The van der Waals surface area contributed by atoms with Crippen molar-refractivity contribution in [1.82, 2.24) is 20.4 Å². The first-order chi connectivity index (χ1) is 10.2. The molecule has 0 bridgehead atoms. The van der Waals surface area contributed by atoms with Crippen molar-refractivity contribution in [2.75, 3.05) is 0 Å². The molecule has 0 unspecified atom stereocenters. The minimum atomic E-state index is -0.538. The molecule has 2 N–H and O–H groups in total. The minimum absolute atomic E-state index is 0.0891. The highest BCUT2D eigenvalue weighted by atomic mass is 19.1. The highest BCUT2D eigenvalue weighted by Crippen LogP contribution is 2.34. The van der Waals surface area contributed by atoms with Crippen LogP contribution in [0.25, 0.3) is 22.4 Å². The molecule has 0 amide bonds. The van der Waals surface area contributed by atoms with Crippen LogP contribution in [0.3, 0.4) is 0 Å². The van der Waals surface area contributed by atoms with Crippen molar-refractivity contribution in [2.24, 2.45) is 5.18 Å². The lowest BCUT2D eigenvalue weighted by Crippen LogP contribution is -1.91. The van der Waals surface area contributed by atoms with Gasteiger partial charge in [-0.1, -0.05) is 0 Å². The van der Waals surface area contributed by atoms with Gasteiger partial charge in [0.1, 0.15) is 11.6 Å². The molecular weight excluding hydrogens is 277 g/mol. The van der Waals surface area contributed by atoms with Crippen molar-refractivity contribution in [3.63, 3.8) is 0 Å². The van der Waals surface area contributed by atoms with Crippen molar-refractivity contribution >= 4 is 5.82 Å². The Kier molecular flexibility index (Phi) is 3.11. The maximum absolute atomic E-state index is 14.2. The predicted octanol–water partition coefficient (Wildman–Crippen LogP) is 2.78. The predicted molar refractivity (Wildman–Crippen MR) is 72.1 cm³/mol. The molecule has 0 radical (unpaired) electrons. The summed E-state index contributed by atoms with van der Waals surface area (Å²) in [5.41, 5.74) is 1.13. The van der Waals surface area contributed by atoms with Crippen LogP contribution < -0.4 is 0 Å². The quantitative estimate of drug-likeness (QED) is 0.720. The maximum Gasteiger partial charge on any atom is 0.218 e. The lowest BCUT2D eigenvalue weighted by atomic mass is 10.0. The molecule has 1 aromatic carbocycles. The van der Waals surface area contributed by atoms with Gasteiger partial charge in [0.2, 0.25) is 5.82 Å². The molecule has 0 saturated heterocycles. The fourth-order valence-electron chi connectivity index (χ4n) is 1.90. The molecule has 2 aromatic heterocycles. The lowest BCUT2D eigenvalue weighted by molar-refractivity contribution is 0.475. The summed E-state index contributed by atoms with van der Waals surface area (Å²) in [7, 11) is 0. The Bertz CT molecular complexity index is 787. The summed E-state index contributed by atoms with van der Waals surface area (Å²) in [6, 6.07) is 5.19. The summed E-state index contributed by atoms with van der Waals surface area (Å²) in [4.78, 5) is 10.3. The first-order valence-electron chi connectivity index (χ1n) is 5.88. The monoisotopic (exact) mass is 285 g/mol. The number of aromatic amines is 1. The molecule has 3 aromatic rings. The Morgan fingerprint density at radius 1 is 1.19 bits per heavy atom. The zero-order valence-corrected chi connectivity index (χ0v) is 10.5. The number of rotatable bonds is 3. The van der Waals surface area contributed by atoms with Crippen LogP contribution in [0.1, 0.15) is 0 Å². The molecule has 0 atom stereocenters. The van der Waals surface area contributed by atoms with Gasteiger partial charge in [-0.3, -0.25) is 5.10 Å². The van der Waals surface area contributed by atoms with E-state index in [1.165, 1.54) is 30.6 Å². The maximum atomic E-state index is 14.2. The van der Waals surface area contributed by atoms with Crippen molar-refractivity contribution in [3.8, 4) is 28.1 Å². The van der Waals surface area contributed by atoms with Gasteiger partial charge in [-0.05, 0) is 29.4 Å². The Balaban J connectivity index is 2.08. The fraction of sp³-hybridized carbons (Fsp3) is 0. The van der Waals surface area contributed by atoms with Gasteiger partial charge in [-0.25, -0.2) is 4.39 Å². The molecule has 2 heterocycles. The molecule has 0 spiro atoms. The number of phenolic OH excluding ortho intramolecular Hbond substituents is 1. The van der Waals surface area contributed by atoms with Gasteiger partial charge in [0, 0.05) is 22.9 Å². The third-order valence-electron chi connectivity index (χ3n) is 2.91. The molecular formula is C13H8FN5O2. The van der Waals surface area contributed by atoms with Gasteiger partial charge in [-0.2, -0.15) is 5.10 Å². The van der Waals surface area contributed by atoms with Gasteiger partial charge in [-0.15, -0.1) is 15.1 Å². The number of nitrogens with one attached hydrogen (secondary N) is 1. The second kappa shape index (κ2) is 5.08. The van der Waals surface area contributed by atoms with Crippen LogP contribution in [0.2, 0.25) is 0 Å². The van der Waals surface area contributed by atoms with Crippen LogP contribution in [0.15, 0.2) is 41.8 Å². The molecule has 3 rings (SSSR count). The fourth-order valence-corrected chi connectivity index (χ4v) is 1.90. The number of H-pyrrole nitrogens is 1. The average molecular weight is 285 g/mol. The first-order valence-corrected chi connectivity index (χ1v) is 5.88. The number of aromatic hydroxyl groups is 1. The SMILES string of the molecule is O=Nc1ccc(-c2cc(F)c(-c3cn[nH]c3)cc2O)nn1. The number of phenols is 1. The van der Waals surface area contributed by atoms with E-state index in [2.05, 4.69) is 25.6 Å². The summed E-state index contributed by atoms with van der Waals surface area (Å²) >= 11 is 0. The number of nitroso groups, excluding NO2 is 1. The van der Waals surface area contributed by atoms with E-state index >= 15 is 0 Å². The third-order valence-corrected chi connectivity index (χ3v) is 2.91. The lowest BCUT2D eigenvalue weighted by Gasteiger charge is -2.07. The zero-order chi connectivity index (χ0) is 14.8. The Morgan fingerprint density at radius 3 is 2.67 bits per heavy atom. The van der Waals surface area contributed by atoms with Crippen LogP contribution in [-0.2, 0) is 0 Å². The topological polar surface area (TPSA) is 104 Å². The second-order valence-electron chi connectivity index (χ2n) is 4.20. The van der Waals surface area contributed by atoms with Crippen molar-refractivity contribution < 1.29 is 9.50 Å². The van der Waals surface area contributed by atoms with E-state index in [1.807, 2.05) is 0 Å². The molecule has 21 heavy (non-hydrogen) atoms. The van der Waals surface area contributed by atoms with Crippen LogP contribution >= 0.6 is 0 Å². The van der Waals surface area contributed by atoms with Gasteiger partial charge in [0.05, 0.1) is 11.9 Å². The molecule has 0 saturated carbocycles. The van der Waals surface area contributed by atoms with Gasteiger partial charge in [0.25, 0.3) is 0 Å². The van der Waals surface area contributed by atoms with Crippen LogP contribution in [0, 0.1) is 10.7 Å². The zero-order valence-electron chi connectivity index (χ0n) is 10.5. The molecule has 0 fully saturated rings. The summed E-state index contributed by atoms with van der Waals surface area (Å²) in [5, 5.41) is 26.2. The van der Waals surface area contributed by atoms with E-state index in [9.17, 15) is 14.4 Å². The normalized spacial score (nSPS) is 10.5. The van der Waals surface area contributed by atoms with E-state index in [1.54, 1.807) is 0 Å². The number of hydrogen-bond acceptors (Lipinski definition) is 6. The van der Waals surface area contributed by atoms with Gasteiger partial charge < -0.3 is 5.11 Å². The Labute approximate surface area is 117 Å². The van der Waals surface area contributed by atoms with Crippen molar-refractivity contribution in [2.45, 2.75) is 0 Å². The van der Waals surface area contributed by atoms with Crippen LogP contribution in [0.4, 0.5) is 10.2 Å². The summed E-state index contributed by atoms with van der Waals surface area (Å²) in [5.74, 6) is -0.786. The summed E-state index contributed by atoms with van der Waals surface area (Å²) < 4.78 is 14.2. The standard InChI is InChI=1S/C13H8FN5O2/c14-10-3-9(11-1-2-13(19-21)18-17-11)12(20)4-8(10)7-5-15-16-6-7/h1-6,20H,(H,15,16). The molecule has 7 nitrogen and oxygen atoms in total. The highest BCUT2D eigenvalue weighted by Gasteiger charge is 2.14. The number of benzene rings is 1. The van der Waals surface area contributed by atoms with Gasteiger partial charge >= 0.3 is 0 Å². The molecule has 8 heteroatoms. The van der Waals surface area contributed by atoms with Crippen LogP contribution in [0.5, 0.6) is 5.75 Å². The Morgan fingerprint density at radius 2 is 2.05 bits per heavy atom. The largest absolute Gasteiger partial charge is 0.507 e. The highest BCUT2D eigenvalue weighted by molar-refractivity contribution is 5.74. The van der Waals surface area contributed by atoms with Gasteiger partial charge in [0.15, 0.2) is 0 Å². The third kappa shape index (κ3) is 2.34.